The zero-order chi connectivity index (χ0) is 57.0. The summed E-state index contributed by atoms with van der Waals surface area (Å²) in [4.78, 5) is 33.5. The van der Waals surface area contributed by atoms with Gasteiger partial charge in [0.25, 0.3) is 0 Å². The third-order valence-corrected chi connectivity index (χ3v) is 16.4. The summed E-state index contributed by atoms with van der Waals surface area (Å²) in [5.41, 5.74) is 4.76. The largest absolute Gasteiger partial charge is 0.508 e. The molecule has 0 unspecified atom stereocenters. The molecule has 0 fully saturated rings. The minimum absolute atomic E-state index is 0.0479. The van der Waals surface area contributed by atoms with Gasteiger partial charge in [0, 0.05) is 55.9 Å². The van der Waals surface area contributed by atoms with Crippen LogP contribution in [0.5, 0.6) is 17.4 Å². The van der Waals surface area contributed by atoms with Crippen molar-refractivity contribution in [3.05, 3.63) is 127 Å². The minimum Gasteiger partial charge on any atom is -0.508 e. The Kier molecular flexibility index (Phi) is 23.0. The zero-order valence-electron chi connectivity index (χ0n) is 42.6. The molecular formula is C51H54Cl3N13O8S3. The number of ether oxygens (including phenoxy) is 1. The van der Waals surface area contributed by atoms with E-state index >= 15 is 0 Å². The number of fused-ring (bicyclic) bond motifs is 6. The van der Waals surface area contributed by atoms with Crippen molar-refractivity contribution in [1.29, 1.82) is 15.8 Å². The number of phenols is 1. The number of sulfone groups is 2. The van der Waals surface area contributed by atoms with Crippen molar-refractivity contribution in [3.63, 3.8) is 0 Å². The minimum atomic E-state index is -3.30. The molecule has 0 aliphatic carbocycles. The number of pyridine rings is 3. The Bertz CT molecular complexity index is 3560. The zero-order valence-corrected chi connectivity index (χ0v) is 47.3. The number of halogens is 3. The van der Waals surface area contributed by atoms with E-state index in [1.165, 1.54) is 30.7 Å². The first-order valence-corrected chi connectivity index (χ1v) is 30.5. The number of rotatable bonds is 12. The number of hydrogen-bond acceptors (Lipinski definition) is 20. The van der Waals surface area contributed by atoms with Crippen molar-refractivity contribution in [2.45, 2.75) is 64.4 Å². The van der Waals surface area contributed by atoms with E-state index in [0.29, 0.717) is 41.2 Å². The van der Waals surface area contributed by atoms with Gasteiger partial charge in [0.05, 0.1) is 63.4 Å². The molecule has 0 saturated heterocycles. The Labute approximate surface area is 469 Å². The molecule has 4 aliphatic rings. The number of primary sulfonamides is 1. The van der Waals surface area contributed by atoms with Gasteiger partial charge in [0.1, 0.15) is 62.8 Å². The molecule has 3 aromatic heterocycles. The molecule has 9 rings (SSSR count). The van der Waals surface area contributed by atoms with Crippen LogP contribution in [-0.2, 0) is 41.2 Å². The molecule has 21 nitrogen and oxygen atoms in total. The molecule has 3 N–H and O–H groups in total. The van der Waals surface area contributed by atoms with Gasteiger partial charge in [-0.15, -0.1) is 0 Å². The molecule has 0 amide bonds. The number of aromatic hydroxyl groups is 1. The lowest BCUT2D eigenvalue weighted by atomic mass is 10.1. The third kappa shape index (κ3) is 18.0. The Morgan fingerprint density at radius 2 is 1.10 bits per heavy atom. The van der Waals surface area contributed by atoms with Gasteiger partial charge in [-0.1, -0.05) is 55.6 Å². The van der Waals surface area contributed by atoms with Crippen molar-refractivity contribution in [2.75, 3.05) is 43.4 Å². The summed E-state index contributed by atoms with van der Waals surface area (Å²) in [7, 11) is -9.65. The van der Waals surface area contributed by atoms with Crippen molar-refractivity contribution in [3.8, 4) is 35.6 Å². The van der Waals surface area contributed by atoms with E-state index in [1.54, 1.807) is 44.5 Å². The Morgan fingerprint density at radius 3 is 1.58 bits per heavy atom. The van der Waals surface area contributed by atoms with Crippen LogP contribution < -0.4 is 9.88 Å². The summed E-state index contributed by atoms with van der Waals surface area (Å²) in [6, 6.07) is 20.9. The number of nitrogens with zero attached hydrogens (tertiary/aromatic N) is 12. The van der Waals surface area contributed by atoms with Crippen molar-refractivity contribution in [1.82, 2.24) is 24.8 Å². The number of hydrogen-bond donors (Lipinski definition) is 2. The molecule has 410 valence electrons. The van der Waals surface area contributed by atoms with Gasteiger partial charge in [0.15, 0.2) is 19.7 Å². The molecule has 0 spiro atoms. The SMILES string of the molecule is CCCS(=O)(=O)Cc1ccnc(Cl)c1C#N.CCCS(=O)(=O)Cc1ccnc(Oc2ccc3c(c2)C2=NCCCN2C=N3)c1C#N.CCCS(N)(=O)=O.N#Cc1c(Cl)ccnc1Cl.Oc1ccc2c(c1)C1=NCCCN1C=N2. The fourth-order valence-electron chi connectivity index (χ4n) is 7.56. The molecule has 5 aromatic rings. The van der Waals surface area contributed by atoms with E-state index in [9.17, 15) is 35.6 Å². The van der Waals surface area contributed by atoms with Crippen LogP contribution in [0.3, 0.4) is 0 Å². The number of amidine groups is 2. The van der Waals surface area contributed by atoms with Gasteiger partial charge in [-0.3, -0.25) is 9.98 Å². The summed E-state index contributed by atoms with van der Waals surface area (Å²) in [6.07, 6.45) is 11.6. The predicted molar refractivity (Wildman–Crippen MR) is 302 cm³/mol. The van der Waals surface area contributed by atoms with E-state index in [0.717, 1.165) is 73.2 Å². The Morgan fingerprint density at radius 1 is 0.628 bits per heavy atom. The van der Waals surface area contributed by atoms with E-state index in [-0.39, 0.29) is 67.4 Å². The van der Waals surface area contributed by atoms with Crippen molar-refractivity contribution < 1.29 is 35.1 Å². The van der Waals surface area contributed by atoms with Crippen LogP contribution in [0.4, 0.5) is 11.4 Å². The second-order valence-electron chi connectivity index (χ2n) is 17.1. The fraction of sp³-hybridized carbons (Fsp3) is 0.333. The topological polar surface area (TPSA) is 324 Å². The molecule has 27 heteroatoms. The third-order valence-electron chi connectivity index (χ3n) is 11.0. The Balaban J connectivity index is 0.000000198. The standard InChI is InChI=1S/C21H21N5O3S.C11H11N3O.C10H11ClN2O2S.C6H2Cl2N2.C3H9NO2S/c1-2-10-30(27,28)13-15-6-8-24-21(18(15)12-22)29-16-4-5-19-17(11-16)20-23-7-3-9-26(20)14-25-19;15-8-2-3-10-9(6-8)11-12-4-1-5-14(11)7-13-10;1-2-5-16(14,15)7-8-3-4-13-10(11)9(8)6-12;7-5-1-2-10-6(8)4(5)3-9;1-2-3-7(4,5)6/h4-6,8,11,14H,2-3,7,9-10,13H2,1H3;2-3,6-7,15H,1,4-5H2;3-4H,2,5,7H2,1H3;1-2H;2-3H2,1H3,(H2,4,5,6). The quantitative estimate of drug-likeness (QED) is 0.110. The highest BCUT2D eigenvalue weighted by Gasteiger charge is 2.25. The summed E-state index contributed by atoms with van der Waals surface area (Å²) < 4.78 is 73.6. The maximum atomic E-state index is 12.2. The highest BCUT2D eigenvalue weighted by Crippen LogP contribution is 2.34. The average Bonchev–Trinajstić information content (AvgIpc) is 3.42. The molecule has 4 aliphatic heterocycles. The average molecular weight is 1180 g/mol. The first-order chi connectivity index (χ1) is 37.2. The maximum Gasteiger partial charge on any atom is 0.237 e. The van der Waals surface area contributed by atoms with Crippen molar-refractivity contribution >= 4 is 100 Å². The van der Waals surface area contributed by atoms with E-state index in [1.807, 2.05) is 59.5 Å². The number of aromatic nitrogens is 3. The summed E-state index contributed by atoms with van der Waals surface area (Å²) in [6.45, 7) is 8.81. The van der Waals surface area contributed by atoms with Crippen LogP contribution in [0.1, 0.15) is 91.8 Å². The molecule has 7 heterocycles. The van der Waals surface area contributed by atoms with Gasteiger partial charge in [-0.05, 0) is 97.8 Å². The van der Waals surface area contributed by atoms with Crippen molar-refractivity contribution in [2.24, 2.45) is 25.1 Å². The van der Waals surface area contributed by atoms with Gasteiger partial charge in [-0.2, -0.15) is 15.8 Å². The number of phenolic OH excluding ortho intramolecular Hbond substituents is 1. The molecular weight excluding hydrogens is 1130 g/mol. The first kappa shape index (κ1) is 61.8. The smallest absolute Gasteiger partial charge is 0.237 e. The number of nitriles is 3. The predicted octanol–water partition coefficient (Wildman–Crippen LogP) is 8.59. The highest BCUT2D eigenvalue weighted by atomic mass is 35.5. The monoisotopic (exact) mass is 1180 g/mol. The van der Waals surface area contributed by atoms with Crippen LogP contribution in [0.15, 0.2) is 93.2 Å². The van der Waals surface area contributed by atoms with Crippen LogP contribution in [-0.4, -0.2) is 123 Å². The lowest BCUT2D eigenvalue weighted by Gasteiger charge is -2.29. The maximum absolute atomic E-state index is 12.2. The molecule has 2 aromatic carbocycles. The number of sulfonamides is 1. The summed E-state index contributed by atoms with van der Waals surface area (Å²) >= 11 is 16.8. The molecule has 0 bridgehead atoms. The lowest BCUT2D eigenvalue weighted by Crippen LogP contribution is -2.36. The van der Waals surface area contributed by atoms with Crippen LogP contribution >= 0.6 is 34.8 Å². The Hall–Kier alpha value is -7.08. The highest BCUT2D eigenvalue weighted by molar-refractivity contribution is 7.90. The second kappa shape index (κ2) is 29.1. The molecule has 0 radical (unpaired) electrons. The normalized spacial score (nSPS) is 13.7. The summed E-state index contributed by atoms with van der Waals surface area (Å²) in [5, 5.41) is 41.5. The van der Waals surface area contributed by atoms with Gasteiger partial charge in [-0.25, -0.2) is 55.3 Å². The molecule has 0 atom stereocenters. The van der Waals surface area contributed by atoms with Gasteiger partial charge in [0.2, 0.25) is 15.9 Å². The van der Waals surface area contributed by atoms with Gasteiger partial charge >= 0.3 is 0 Å². The lowest BCUT2D eigenvalue weighted by molar-refractivity contribution is 0.460. The van der Waals surface area contributed by atoms with Gasteiger partial charge < -0.3 is 19.6 Å². The van der Waals surface area contributed by atoms with Crippen LogP contribution in [0, 0.1) is 34.0 Å². The fourth-order valence-corrected chi connectivity index (χ4v) is 11.7. The number of aliphatic imine (C=N–C) groups is 4. The second-order valence-corrected chi connectivity index (χ2v) is 24.3. The van der Waals surface area contributed by atoms with Crippen LogP contribution in [0.25, 0.3) is 0 Å². The van der Waals surface area contributed by atoms with E-state index < -0.39 is 29.7 Å². The molecule has 78 heavy (non-hydrogen) atoms. The number of benzene rings is 2. The number of nitrogens with two attached hydrogens (primary N) is 1. The van der Waals surface area contributed by atoms with E-state index in [4.69, 9.17) is 50.1 Å². The van der Waals surface area contributed by atoms with Crippen LogP contribution in [0.2, 0.25) is 15.3 Å². The van der Waals surface area contributed by atoms with E-state index in [2.05, 4.69) is 40.1 Å². The molecule has 0 saturated carbocycles. The first-order valence-electron chi connectivity index (χ1n) is 24.1. The summed E-state index contributed by atoms with van der Waals surface area (Å²) in [5.74, 6) is 2.51.